The summed E-state index contributed by atoms with van der Waals surface area (Å²) in [5, 5.41) is 0. The maximum absolute atomic E-state index is 12.4. The number of para-hydroxylation sites is 1. The highest BCUT2D eigenvalue weighted by atomic mass is 16.5. The lowest BCUT2D eigenvalue weighted by Gasteiger charge is -2.15. The standard InChI is InChI=1S/C19H20O3/c1-14(2)13-21-18-12-8-7-11-17(18)19(20)22-15(3)16-9-5-4-6-10-16/h4-12,15H,1,13H2,2-3H3. The number of rotatable bonds is 6. The van der Waals surface area contributed by atoms with Gasteiger partial charge in [0, 0.05) is 0 Å². The van der Waals surface area contributed by atoms with Gasteiger partial charge in [-0.1, -0.05) is 49.0 Å². The number of benzene rings is 2. The van der Waals surface area contributed by atoms with Gasteiger partial charge in [0.15, 0.2) is 0 Å². The fraction of sp³-hybridized carbons (Fsp3) is 0.211. The first-order valence-corrected chi connectivity index (χ1v) is 7.20. The zero-order chi connectivity index (χ0) is 15.9. The summed E-state index contributed by atoms with van der Waals surface area (Å²) >= 11 is 0. The predicted octanol–water partition coefficient (Wildman–Crippen LogP) is 4.56. The Labute approximate surface area is 131 Å². The zero-order valence-corrected chi connectivity index (χ0v) is 12.9. The van der Waals surface area contributed by atoms with Crippen LogP contribution >= 0.6 is 0 Å². The quantitative estimate of drug-likeness (QED) is 0.579. The molecule has 0 fully saturated rings. The summed E-state index contributed by atoms with van der Waals surface area (Å²) in [4.78, 5) is 12.4. The van der Waals surface area contributed by atoms with E-state index in [0.29, 0.717) is 17.9 Å². The third-order valence-corrected chi connectivity index (χ3v) is 3.13. The van der Waals surface area contributed by atoms with Crippen LogP contribution in [0.1, 0.15) is 35.9 Å². The Morgan fingerprint density at radius 2 is 1.73 bits per heavy atom. The Bertz CT molecular complexity index is 647. The van der Waals surface area contributed by atoms with Crippen molar-refractivity contribution in [1.29, 1.82) is 0 Å². The number of carbonyl (C=O) groups excluding carboxylic acids is 1. The summed E-state index contributed by atoms with van der Waals surface area (Å²) in [5.41, 5.74) is 2.27. The Kier molecular flexibility index (Phi) is 5.37. The number of carbonyl (C=O) groups is 1. The second-order valence-corrected chi connectivity index (χ2v) is 5.20. The Morgan fingerprint density at radius 3 is 2.41 bits per heavy atom. The third kappa shape index (κ3) is 4.22. The van der Waals surface area contributed by atoms with E-state index in [1.165, 1.54) is 0 Å². The van der Waals surface area contributed by atoms with Crippen molar-refractivity contribution in [3.8, 4) is 5.75 Å². The SMILES string of the molecule is C=C(C)COc1ccccc1C(=O)OC(C)c1ccccc1. The molecule has 1 atom stereocenters. The van der Waals surface area contributed by atoms with E-state index in [9.17, 15) is 4.79 Å². The molecule has 0 saturated heterocycles. The number of esters is 1. The van der Waals surface area contributed by atoms with Crippen molar-refractivity contribution in [2.45, 2.75) is 20.0 Å². The molecule has 0 aliphatic carbocycles. The van der Waals surface area contributed by atoms with Gasteiger partial charge in [-0.05, 0) is 37.1 Å². The molecular weight excluding hydrogens is 276 g/mol. The average molecular weight is 296 g/mol. The average Bonchev–Trinajstić information content (AvgIpc) is 2.54. The lowest BCUT2D eigenvalue weighted by Crippen LogP contribution is -2.11. The first-order chi connectivity index (χ1) is 10.6. The van der Waals surface area contributed by atoms with Crippen LogP contribution in [0.3, 0.4) is 0 Å². The predicted molar refractivity (Wildman–Crippen MR) is 87.0 cm³/mol. The van der Waals surface area contributed by atoms with Gasteiger partial charge in [-0.3, -0.25) is 0 Å². The van der Waals surface area contributed by atoms with Gasteiger partial charge in [0.2, 0.25) is 0 Å². The molecule has 2 aromatic rings. The van der Waals surface area contributed by atoms with Crippen molar-refractivity contribution in [1.82, 2.24) is 0 Å². The van der Waals surface area contributed by atoms with E-state index < -0.39 is 5.97 Å². The maximum atomic E-state index is 12.4. The van der Waals surface area contributed by atoms with Crippen molar-refractivity contribution < 1.29 is 14.3 Å². The molecule has 2 rings (SSSR count). The van der Waals surface area contributed by atoms with Crippen LogP contribution in [-0.4, -0.2) is 12.6 Å². The highest BCUT2D eigenvalue weighted by molar-refractivity contribution is 5.92. The molecule has 114 valence electrons. The fourth-order valence-electron chi connectivity index (χ4n) is 1.98. The third-order valence-electron chi connectivity index (χ3n) is 3.13. The van der Waals surface area contributed by atoms with Crippen LogP contribution in [0, 0.1) is 0 Å². The van der Waals surface area contributed by atoms with E-state index in [1.807, 2.05) is 50.2 Å². The minimum absolute atomic E-state index is 0.317. The second kappa shape index (κ2) is 7.46. The number of ether oxygens (including phenoxy) is 2. The maximum Gasteiger partial charge on any atom is 0.342 e. The molecule has 0 N–H and O–H groups in total. The Hall–Kier alpha value is -2.55. The van der Waals surface area contributed by atoms with Gasteiger partial charge >= 0.3 is 5.97 Å². The van der Waals surface area contributed by atoms with Crippen molar-refractivity contribution >= 4 is 5.97 Å². The van der Waals surface area contributed by atoms with E-state index in [1.54, 1.807) is 18.2 Å². The molecule has 3 nitrogen and oxygen atoms in total. The highest BCUT2D eigenvalue weighted by Crippen LogP contribution is 2.23. The topological polar surface area (TPSA) is 35.5 Å². The molecule has 1 unspecified atom stereocenters. The molecule has 0 bridgehead atoms. The van der Waals surface area contributed by atoms with Gasteiger partial charge in [0.1, 0.15) is 24.0 Å². The minimum Gasteiger partial charge on any atom is -0.488 e. The smallest absolute Gasteiger partial charge is 0.342 e. The van der Waals surface area contributed by atoms with Crippen molar-refractivity contribution in [3.63, 3.8) is 0 Å². The van der Waals surface area contributed by atoms with E-state index in [4.69, 9.17) is 9.47 Å². The molecule has 0 aromatic heterocycles. The van der Waals surface area contributed by atoms with E-state index in [2.05, 4.69) is 6.58 Å². The highest BCUT2D eigenvalue weighted by Gasteiger charge is 2.17. The van der Waals surface area contributed by atoms with Gasteiger partial charge in [-0.25, -0.2) is 4.79 Å². The first-order valence-electron chi connectivity index (χ1n) is 7.20. The molecule has 0 heterocycles. The van der Waals surface area contributed by atoms with Gasteiger partial charge < -0.3 is 9.47 Å². The van der Waals surface area contributed by atoms with Gasteiger partial charge in [0.05, 0.1) is 0 Å². The first kappa shape index (κ1) is 15.8. The monoisotopic (exact) mass is 296 g/mol. The molecule has 0 aliphatic rings. The van der Waals surface area contributed by atoms with Crippen molar-refractivity contribution in [3.05, 3.63) is 77.9 Å². The number of hydrogen-bond acceptors (Lipinski definition) is 3. The van der Waals surface area contributed by atoms with Crippen LogP contribution < -0.4 is 4.74 Å². The molecule has 0 radical (unpaired) electrons. The minimum atomic E-state index is -0.395. The van der Waals surface area contributed by atoms with Crippen LogP contribution in [0.25, 0.3) is 0 Å². The van der Waals surface area contributed by atoms with Crippen LogP contribution in [0.15, 0.2) is 66.7 Å². The fourth-order valence-corrected chi connectivity index (χ4v) is 1.98. The normalized spacial score (nSPS) is 11.5. The molecule has 0 aliphatic heterocycles. The molecule has 3 heteroatoms. The summed E-state index contributed by atoms with van der Waals surface area (Å²) in [6.45, 7) is 7.89. The summed E-state index contributed by atoms with van der Waals surface area (Å²) in [6, 6.07) is 16.7. The molecule has 2 aromatic carbocycles. The van der Waals surface area contributed by atoms with Gasteiger partial charge in [0.25, 0.3) is 0 Å². The van der Waals surface area contributed by atoms with Crippen molar-refractivity contribution in [2.75, 3.05) is 6.61 Å². The molecule has 0 amide bonds. The van der Waals surface area contributed by atoms with Crippen LogP contribution in [0.4, 0.5) is 0 Å². The van der Waals surface area contributed by atoms with E-state index in [0.717, 1.165) is 11.1 Å². The van der Waals surface area contributed by atoms with Crippen LogP contribution in [0.2, 0.25) is 0 Å². The van der Waals surface area contributed by atoms with Crippen molar-refractivity contribution in [2.24, 2.45) is 0 Å². The van der Waals surface area contributed by atoms with E-state index in [-0.39, 0.29) is 6.10 Å². The van der Waals surface area contributed by atoms with Gasteiger partial charge in [-0.15, -0.1) is 0 Å². The lowest BCUT2D eigenvalue weighted by atomic mass is 10.1. The largest absolute Gasteiger partial charge is 0.488 e. The summed E-state index contributed by atoms with van der Waals surface area (Å²) in [6.07, 6.45) is -0.317. The number of hydrogen-bond donors (Lipinski definition) is 0. The second-order valence-electron chi connectivity index (χ2n) is 5.20. The van der Waals surface area contributed by atoms with E-state index >= 15 is 0 Å². The Balaban J connectivity index is 2.11. The lowest BCUT2D eigenvalue weighted by molar-refractivity contribution is 0.0334. The van der Waals surface area contributed by atoms with Crippen LogP contribution in [0.5, 0.6) is 5.75 Å². The summed E-state index contributed by atoms with van der Waals surface area (Å²) in [5.74, 6) is 0.115. The summed E-state index contributed by atoms with van der Waals surface area (Å²) in [7, 11) is 0. The van der Waals surface area contributed by atoms with Crippen LogP contribution in [-0.2, 0) is 4.74 Å². The Morgan fingerprint density at radius 1 is 1.09 bits per heavy atom. The molecule has 22 heavy (non-hydrogen) atoms. The molecule has 0 spiro atoms. The molecular formula is C19H20O3. The van der Waals surface area contributed by atoms with Gasteiger partial charge in [-0.2, -0.15) is 0 Å². The molecule has 0 saturated carbocycles. The zero-order valence-electron chi connectivity index (χ0n) is 12.9. The summed E-state index contributed by atoms with van der Waals surface area (Å²) < 4.78 is 11.1.